The number of halogens is 3. The van der Waals surface area contributed by atoms with Crippen molar-refractivity contribution in [2.75, 3.05) is 0 Å². The van der Waals surface area contributed by atoms with Gasteiger partial charge in [0.2, 0.25) is 0 Å². The van der Waals surface area contributed by atoms with Crippen LogP contribution in [-0.2, 0) is 19.6 Å². The van der Waals surface area contributed by atoms with Crippen LogP contribution in [0.3, 0.4) is 0 Å². The highest BCUT2D eigenvalue weighted by atomic mass is 19.4. The molecule has 0 aliphatic heterocycles. The SMILES string of the molecule is Cc1c(Cc2ccccc2-n2c(=O)c(C(=O)O)cn(-c3ccc4c(c3)[nH]c(=O)n4C)c2=O)cccc1C(F)(F)F. The van der Waals surface area contributed by atoms with Crippen molar-refractivity contribution < 1.29 is 23.1 Å². The number of rotatable bonds is 5. The van der Waals surface area contributed by atoms with E-state index in [1.807, 2.05) is 0 Å². The Balaban J connectivity index is 1.73. The van der Waals surface area contributed by atoms with E-state index in [4.69, 9.17) is 0 Å². The number of benzene rings is 3. The maximum Gasteiger partial charge on any atom is 0.416 e. The number of aromatic carboxylic acids is 1. The number of hydrogen-bond donors (Lipinski definition) is 2. The van der Waals surface area contributed by atoms with Gasteiger partial charge in [0.15, 0.2) is 0 Å². The summed E-state index contributed by atoms with van der Waals surface area (Å²) in [6.45, 7) is 1.34. The maximum atomic E-state index is 13.7. The molecule has 0 saturated heterocycles. The standard InChI is InChI=1S/C28H21F3N4O5/c1-15-16(7-5-8-20(15)28(29,30)31)12-17-6-3-4-9-22(17)35-24(36)19(25(37)38)14-34(27(35)40)18-10-11-23-21(13-18)32-26(39)33(23)2/h3-11,13-14H,12H2,1-2H3,(H,32,39)(H,37,38). The number of nitrogens with zero attached hydrogens (tertiary/aromatic N) is 3. The van der Waals surface area contributed by atoms with Crippen LogP contribution in [-0.4, -0.2) is 29.8 Å². The van der Waals surface area contributed by atoms with Gasteiger partial charge in [-0.1, -0.05) is 30.3 Å². The normalized spacial score (nSPS) is 11.7. The van der Waals surface area contributed by atoms with Gasteiger partial charge in [-0.05, 0) is 60.4 Å². The van der Waals surface area contributed by atoms with Crippen molar-refractivity contribution in [3.8, 4) is 11.4 Å². The second-order valence-corrected chi connectivity index (χ2v) is 9.22. The first-order valence-corrected chi connectivity index (χ1v) is 11.9. The molecule has 0 radical (unpaired) electrons. The Morgan fingerprint density at radius 1 is 0.975 bits per heavy atom. The summed E-state index contributed by atoms with van der Waals surface area (Å²) in [6.07, 6.45) is -3.72. The van der Waals surface area contributed by atoms with E-state index in [1.165, 1.54) is 47.9 Å². The van der Waals surface area contributed by atoms with Crippen LogP contribution in [0.25, 0.3) is 22.4 Å². The summed E-state index contributed by atoms with van der Waals surface area (Å²) in [4.78, 5) is 53.7. The van der Waals surface area contributed by atoms with Gasteiger partial charge < -0.3 is 10.1 Å². The fraction of sp³-hybridized carbons (Fsp3) is 0.143. The number of nitrogens with one attached hydrogen (secondary N) is 1. The minimum atomic E-state index is -4.57. The van der Waals surface area contributed by atoms with Crippen molar-refractivity contribution in [2.24, 2.45) is 7.05 Å². The number of carbonyl (C=O) groups is 1. The van der Waals surface area contributed by atoms with Gasteiger partial charge in [-0.25, -0.2) is 19.0 Å². The minimum Gasteiger partial charge on any atom is -0.477 e. The van der Waals surface area contributed by atoms with Crippen molar-refractivity contribution in [3.05, 3.63) is 126 Å². The van der Waals surface area contributed by atoms with Crippen molar-refractivity contribution in [1.29, 1.82) is 0 Å². The molecular weight excluding hydrogens is 529 g/mol. The van der Waals surface area contributed by atoms with E-state index < -0.39 is 40.2 Å². The van der Waals surface area contributed by atoms with Crippen molar-refractivity contribution in [2.45, 2.75) is 19.5 Å². The minimum absolute atomic E-state index is 0.000922. The number of aromatic nitrogens is 4. The lowest BCUT2D eigenvalue weighted by molar-refractivity contribution is -0.138. The molecule has 0 bridgehead atoms. The van der Waals surface area contributed by atoms with Gasteiger partial charge in [0.25, 0.3) is 5.56 Å². The molecule has 5 rings (SSSR count). The summed E-state index contributed by atoms with van der Waals surface area (Å²) in [5, 5.41) is 9.77. The third-order valence-electron chi connectivity index (χ3n) is 6.85. The van der Waals surface area contributed by atoms with E-state index in [0.717, 1.165) is 16.8 Å². The Labute approximate surface area is 223 Å². The van der Waals surface area contributed by atoms with Gasteiger partial charge in [-0.3, -0.25) is 13.9 Å². The zero-order valence-corrected chi connectivity index (χ0v) is 21.1. The molecule has 0 amide bonds. The molecule has 2 aromatic heterocycles. The van der Waals surface area contributed by atoms with Crippen molar-refractivity contribution >= 4 is 17.0 Å². The molecule has 0 aliphatic carbocycles. The van der Waals surface area contributed by atoms with Crippen molar-refractivity contribution in [1.82, 2.24) is 18.7 Å². The highest BCUT2D eigenvalue weighted by molar-refractivity contribution is 5.87. The summed E-state index contributed by atoms with van der Waals surface area (Å²) < 4.78 is 43.5. The van der Waals surface area contributed by atoms with Crippen LogP contribution in [0.5, 0.6) is 0 Å². The average Bonchev–Trinajstić information content (AvgIpc) is 3.18. The summed E-state index contributed by atoms with van der Waals surface area (Å²) >= 11 is 0. The van der Waals surface area contributed by atoms with E-state index in [0.29, 0.717) is 26.7 Å². The number of alkyl halides is 3. The summed E-state index contributed by atoms with van der Waals surface area (Å²) in [5.74, 6) is -1.58. The number of carboxylic acids is 1. The van der Waals surface area contributed by atoms with Crippen LogP contribution in [0.1, 0.15) is 32.6 Å². The molecule has 0 fully saturated rings. The Kier molecular flexibility index (Phi) is 6.33. The Morgan fingerprint density at radius 2 is 1.68 bits per heavy atom. The fourth-order valence-electron chi connectivity index (χ4n) is 4.74. The average molecular weight is 550 g/mol. The van der Waals surface area contributed by atoms with Crippen LogP contribution in [0.4, 0.5) is 13.2 Å². The molecule has 2 heterocycles. The monoisotopic (exact) mass is 550 g/mol. The molecule has 204 valence electrons. The Bertz CT molecular complexity index is 2000. The third kappa shape index (κ3) is 4.42. The zero-order chi connectivity index (χ0) is 28.9. The van der Waals surface area contributed by atoms with Crippen LogP contribution in [0.15, 0.2) is 81.2 Å². The number of fused-ring (bicyclic) bond motifs is 1. The molecule has 0 aliphatic rings. The van der Waals surface area contributed by atoms with Gasteiger partial charge in [0.05, 0.1) is 28.0 Å². The van der Waals surface area contributed by atoms with Crippen LogP contribution >= 0.6 is 0 Å². The topological polar surface area (TPSA) is 119 Å². The Morgan fingerprint density at radius 3 is 2.38 bits per heavy atom. The molecule has 0 saturated carbocycles. The van der Waals surface area contributed by atoms with Crippen molar-refractivity contribution in [3.63, 3.8) is 0 Å². The number of aryl methyl sites for hydroxylation is 1. The molecular formula is C28H21F3N4O5. The highest BCUT2D eigenvalue weighted by Gasteiger charge is 2.33. The molecule has 12 heteroatoms. The predicted molar refractivity (Wildman–Crippen MR) is 141 cm³/mol. The van der Waals surface area contributed by atoms with E-state index in [1.54, 1.807) is 25.2 Å². The van der Waals surface area contributed by atoms with E-state index in [-0.39, 0.29) is 23.4 Å². The molecule has 40 heavy (non-hydrogen) atoms. The van der Waals surface area contributed by atoms with Crippen LogP contribution in [0, 0.1) is 6.92 Å². The molecule has 9 nitrogen and oxygen atoms in total. The number of carboxylic acid groups (broad SMARTS) is 1. The molecule has 2 N–H and O–H groups in total. The number of H-pyrrole nitrogens is 1. The summed E-state index contributed by atoms with van der Waals surface area (Å²) in [7, 11) is 1.55. The van der Waals surface area contributed by atoms with Gasteiger partial charge in [0, 0.05) is 13.2 Å². The van der Waals surface area contributed by atoms with Crippen LogP contribution < -0.4 is 16.9 Å². The van der Waals surface area contributed by atoms with E-state index >= 15 is 0 Å². The van der Waals surface area contributed by atoms with Gasteiger partial charge in [0.1, 0.15) is 5.56 Å². The molecule has 5 aromatic rings. The number of para-hydroxylation sites is 1. The maximum absolute atomic E-state index is 13.7. The molecule has 0 atom stereocenters. The smallest absolute Gasteiger partial charge is 0.416 e. The summed E-state index contributed by atoms with van der Waals surface area (Å²) in [5.41, 5.74) is -2.12. The Hall–Kier alpha value is -5.13. The molecule has 3 aromatic carbocycles. The molecule has 0 unspecified atom stereocenters. The zero-order valence-electron chi connectivity index (χ0n) is 21.1. The molecule has 0 spiro atoms. The predicted octanol–water partition coefficient (Wildman–Crippen LogP) is 3.78. The van der Waals surface area contributed by atoms with E-state index in [9.17, 15) is 37.5 Å². The lowest BCUT2D eigenvalue weighted by Crippen LogP contribution is -2.41. The fourth-order valence-corrected chi connectivity index (χ4v) is 4.74. The summed E-state index contributed by atoms with van der Waals surface area (Å²) in [6, 6.07) is 14.4. The second kappa shape index (κ2) is 9.56. The number of imidazole rings is 1. The largest absolute Gasteiger partial charge is 0.477 e. The van der Waals surface area contributed by atoms with Gasteiger partial charge in [-0.2, -0.15) is 13.2 Å². The lowest BCUT2D eigenvalue weighted by Gasteiger charge is -2.17. The lowest BCUT2D eigenvalue weighted by atomic mass is 9.95. The number of hydrogen-bond acceptors (Lipinski definition) is 4. The quantitative estimate of drug-likeness (QED) is 0.345. The van der Waals surface area contributed by atoms with Gasteiger partial charge in [-0.15, -0.1) is 0 Å². The third-order valence-corrected chi connectivity index (χ3v) is 6.85. The van der Waals surface area contributed by atoms with E-state index in [2.05, 4.69) is 4.98 Å². The number of aromatic amines is 1. The van der Waals surface area contributed by atoms with Gasteiger partial charge >= 0.3 is 23.5 Å². The first-order chi connectivity index (χ1) is 18.9. The second-order valence-electron chi connectivity index (χ2n) is 9.22. The first kappa shape index (κ1) is 26.5. The first-order valence-electron chi connectivity index (χ1n) is 11.9. The highest BCUT2D eigenvalue weighted by Crippen LogP contribution is 2.33. The van der Waals surface area contributed by atoms with Crippen LogP contribution in [0.2, 0.25) is 0 Å².